The number of benzene rings is 5. The quantitative estimate of drug-likeness (QED) is 0.147. The van der Waals surface area contributed by atoms with Gasteiger partial charge in [-0.3, -0.25) is 0 Å². The summed E-state index contributed by atoms with van der Waals surface area (Å²) in [5.74, 6) is 2.85. The molecule has 4 nitrogen and oxygen atoms in total. The largest absolute Gasteiger partial charge is 0.507 e. The van der Waals surface area contributed by atoms with Gasteiger partial charge in [0.25, 0.3) is 0 Å². The van der Waals surface area contributed by atoms with Crippen LogP contribution < -0.4 is 9.47 Å². The molecule has 0 bridgehead atoms. The predicted octanol–water partition coefficient (Wildman–Crippen LogP) is 15.2. The highest BCUT2D eigenvalue weighted by atomic mass is 16.5. The molecule has 0 radical (unpaired) electrons. The van der Waals surface area contributed by atoms with Crippen LogP contribution in [0.4, 0.5) is 0 Å². The fraction of sp³-hybridized carbons (Fsp3) is 0.424. The van der Waals surface area contributed by atoms with E-state index in [4.69, 9.17) is 9.47 Å². The van der Waals surface area contributed by atoms with Crippen molar-refractivity contribution in [3.05, 3.63) is 135 Å². The van der Waals surface area contributed by atoms with Gasteiger partial charge in [0, 0.05) is 38.8 Å². The summed E-state index contributed by atoms with van der Waals surface area (Å²) in [6.07, 6.45) is 20.3. The van der Waals surface area contributed by atoms with Gasteiger partial charge in [0.2, 0.25) is 0 Å². The van der Waals surface area contributed by atoms with Crippen molar-refractivity contribution in [1.82, 2.24) is 0 Å². The lowest BCUT2D eigenvalue weighted by atomic mass is 9.67. The zero-order chi connectivity index (χ0) is 43.2. The van der Waals surface area contributed by atoms with Gasteiger partial charge >= 0.3 is 0 Å². The van der Waals surface area contributed by atoms with E-state index in [0.29, 0.717) is 30.6 Å². The third-order valence-corrected chi connectivity index (χ3v) is 15.1. The van der Waals surface area contributed by atoms with Crippen LogP contribution in [0.2, 0.25) is 0 Å². The average Bonchev–Trinajstić information content (AvgIpc) is 3.30. The molecule has 0 amide bonds. The Hall–Kier alpha value is -5.22. The molecule has 1 unspecified atom stereocenters. The van der Waals surface area contributed by atoms with Gasteiger partial charge in [0.05, 0.1) is 13.2 Å². The average molecular weight is 839 g/mol. The third kappa shape index (κ3) is 8.13. The molecule has 63 heavy (non-hydrogen) atoms. The number of aromatic hydroxyl groups is 2. The molecule has 0 aromatic heterocycles. The molecule has 1 atom stereocenters. The number of phenolic OH excluding ortho intramolecular Hbond substituents is 2. The summed E-state index contributed by atoms with van der Waals surface area (Å²) in [5, 5.41) is 24.7. The van der Waals surface area contributed by atoms with Crippen LogP contribution in [0.5, 0.6) is 23.0 Å². The normalized spacial score (nSPS) is 18.6. The van der Waals surface area contributed by atoms with Crippen molar-refractivity contribution in [3.63, 3.8) is 0 Å². The molecule has 326 valence electrons. The lowest BCUT2D eigenvalue weighted by Crippen LogP contribution is -2.29. The zero-order valence-electron chi connectivity index (χ0n) is 38.2. The highest BCUT2D eigenvalue weighted by Crippen LogP contribution is 2.54. The Morgan fingerprint density at radius 3 is 1.68 bits per heavy atom. The zero-order valence-corrected chi connectivity index (χ0v) is 38.2. The van der Waals surface area contributed by atoms with Crippen molar-refractivity contribution in [2.24, 2.45) is 11.3 Å². The highest BCUT2D eigenvalue weighted by molar-refractivity contribution is 5.92. The molecule has 10 rings (SSSR count). The molecule has 0 saturated heterocycles. The number of hydrogen-bond acceptors (Lipinski definition) is 4. The fourth-order valence-electron chi connectivity index (χ4n) is 12.0. The maximum absolute atomic E-state index is 12.4. The molecule has 5 aliphatic rings. The molecular formula is C59H66O4. The lowest BCUT2D eigenvalue weighted by Gasteiger charge is -2.38. The minimum atomic E-state index is -0.365. The number of rotatable bonds is 10. The van der Waals surface area contributed by atoms with Gasteiger partial charge in [-0.15, -0.1) is 0 Å². The van der Waals surface area contributed by atoms with Crippen LogP contribution in [-0.2, 0) is 25.7 Å². The molecule has 1 fully saturated rings. The Bertz CT molecular complexity index is 2600. The standard InChI is InChI=1S/C59H66O4/c1-37-29-49(57(60)51(31-37)55-43-21-9-5-17-39(43)33-40-18-6-10-22-44(40)55)47-25-13-15-27-53(47)62-35-59(3,4)36-63-54-28-16-14-26-48(54)50-30-38(2)32-52(58(50)61)56-45-23-11-7-19-41(45)34-42-20-8-12-24-46(42)56/h13-16,25-33,41,60-61H,5-12,17-24,34-36H2,1-4H3. The van der Waals surface area contributed by atoms with Crippen molar-refractivity contribution < 1.29 is 19.7 Å². The maximum Gasteiger partial charge on any atom is 0.131 e. The smallest absolute Gasteiger partial charge is 0.131 e. The number of allylic oxidation sites excluding steroid dienone is 4. The predicted molar refractivity (Wildman–Crippen MR) is 259 cm³/mol. The summed E-state index contributed by atoms with van der Waals surface area (Å²) in [6, 6.07) is 27.5. The molecule has 0 aliphatic heterocycles. The van der Waals surface area contributed by atoms with Crippen molar-refractivity contribution in [1.29, 1.82) is 0 Å². The Labute approximate surface area is 376 Å². The Kier molecular flexibility index (Phi) is 11.5. The molecule has 5 aromatic rings. The topological polar surface area (TPSA) is 58.9 Å². The molecule has 0 heterocycles. The maximum atomic E-state index is 12.4. The highest BCUT2D eigenvalue weighted by Gasteiger charge is 2.34. The first kappa shape index (κ1) is 41.8. The molecule has 2 N–H and O–H groups in total. The van der Waals surface area contributed by atoms with E-state index < -0.39 is 0 Å². The number of hydrogen-bond donors (Lipinski definition) is 2. The summed E-state index contributed by atoms with van der Waals surface area (Å²) in [5.41, 5.74) is 20.7. The minimum Gasteiger partial charge on any atom is -0.507 e. The molecule has 1 saturated carbocycles. The van der Waals surface area contributed by atoms with Gasteiger partial charge in [0.1, 0.15) is 23.0 Å². The van der Waals surface area contributed by atoms with Crippen molar-refractivity contribution in [3.8, 4) is 56.4 Å². The van der Waals surface area contributed by atoms with E-state index in [2.05, 4.69) is 70.2 Å². The second kappa shape index (κ2) is 17.4. The number of phenols is 2. The van der Waals surface area contributed by atoms with E-state index in [-0.39, 0.29) is 5.41 Å². The van der Waals surface area contributed by atoms with Gasteiger partial charge in [-0.2, -0.15) is 0 Å². The number of para-hydroxylation sites is 2. The number of ether oxygens (including phenoxy) is 2. The van der Waals surface area contributed by atoms with Crippen LogP contribution in [0.3, 0.4) is 0 Å². The fourth-order valence-corrected chi connectivity index (χ4v) is 12.0. The van der Waals surface area contributed by atoms with E-state index in [1.807, 2.05) is 36.4 Å². The van der Waals surface area contributed by atoms with Crippen molar-refractivity contribution >= 4 is 5.57 Å². The number of fused-ring (bicyclic) bond motifs is 3. The van der Waals surface area contributed by atoms with Crippen molar-refractivity contribution in [2.75, 3.05) is 13.2 Å². The van der Waals surface area contributed by atoms with Gasteiger partial charge < -0.3 is 19.7 Å². The van der Waals surface area contributed by atoms with Crippen LogP contribution in [0.1, 0.15) is 136 Å². The van der Waals surface area contributed by atoms with Crippen LogP contribution >= 0.6 is 0 Å². The minimum absolute atomic E-state index is 0.347. The van der Waals surface area contributed by atoms with E-state index >= 15 is 0 Å². The Morgan fingerprint density at radius 2 is 1.05 bits per heavy atom. The van der Waals surface area contributed by atoms with Gasteiger partial charge in [-0.05, 0) is 209 Å². The van der Waals surface area contributed by atoms with Crippen LogP contribution in [0.25, 0.3) is 39.0 Å². The molecule has 0 spiro atoms. The molecule has 4 heteroatoms. The van der Waals surface area contributed by atoms with Gasteiger partial charge in [0.15, 0.2) is 0 Å². The second-order valence-electron chi connectivity index (χ2n) is 20.4. The van der Waals surface area contributed by atoms with Crippen LogP contribution in [0.15, 0.2) is 95.6 Å². The summed E-state index contributed by atoms with van der Waals surface area (Å²) in [4.78, 5) is 0. The van der Waals surface area contributed by atoms with Crippen molar-refractivity contribution in [2.45, 2.75) is 137 Å². The van der Waals surface area contributed by atoms with Crippen LogP contribution in [-0.4, -0.2) is 23.4 Å². The monoisotopic (exact) mass is 838 g/mol. The summed E-state index contributed by atoms with van der Waals surface area (Å²) in [7, 11) is 0. The van der Waals surface area contributed by atoms with E-state index in [1.165, 1.54) is 110 Å². The van der Waals surface area contributed by atoms with E-state index in [1.54, 1.807) is 11.1 Å². The first-order chi connectivity index (χ1) is 30.6. The molecule has 5 aliphatic carbocycles. The first-order valence-corrected chi connectivity index (χ1v) is 24.4. The van der Waals surface area contributed by atoms with Crippen LogP contribution in [0, 0.1) is 25.2 Å². The lowest BCUT2D eigenvalue weighted by molar-refractivity contribution is 0.111. The molecular weight excluding hydrogens is 773 g/mol. The summed E-state index contributed by atoms with van der Waals surface area (Å²) < 4.78 is 13.5. The Balaban J connectivity index is 0.917. The summed E-state index contributed by atoms with van der Waals surface area (Å²) in [6.45, 7) is 9.51. The number of aryl methyl sites for hydroxylation is 4. The van der Waals surface area contributed by atoms with Gasteiger partial charge in [-0.25, -0.2) is 0 Å². The molecule has 5 aromatic carbocycles. The second-order valence-corrected chi connectivity index (χ2v) is 20.4. The SMILES string of the molecule is Cc1cc(C2=C3CCCCC3CC3=C2CCCC3)c(O)c(-c2ccccc2OCC(C)(C)COc2ccccc2-c2cc(C)cc(-c3c4c(cc5c3CCCC5)CCCC4)c2O)c1. The third-order valence-electron chi connectivity index (χ3n) is 15.1. The Morgan fingerprint density at radius 1 is 0.540 bits per heavy atom. The van der Waals surface area contributed by atoms with Gasteiger partial charge in [-0.1, -0.05) is 73.9 Å². The van der Waals surface area contributed by atoms with E-state index in [0.717, 1.165) is 94.5 Å². The summed E-state index contributed by atoms with van der Waals surface area (Å²) >= 11 is 0. The van der Waals surface area contributed by atoms with E-state index in [9.17, 15) is 10.2 Å². The first-order valence-electron chi connectivity index (χ1n) is 24.4.